The molecule has 3 nitrogen and oxygen atoms in total. The van der Waals surface area contributed by atoms with Crippen LogP contribution in [-0.4, -0.2) is 15.7 Å². The fourth-order valence-corrected chi connectivity index (χ4v) is 10.4. The maximum atomic E-state index is 5.41. The minimum Gasteiger partial charge on any atom is -0.252 e. The van der Waals surface area contributed by atoms with Crippen LogP contribution in [0.15, 0.2) is 206 Å². The van der Waals surface area contributed by atoms with Gasteiger partial charge in [-0.1, -0.05) is 215 Å². The van der Waals surface area contributed by atoms with Gasteiger partial charge in [0, 0.05) is 39.0 Å². The standard InChI is InChI=1S/C66H55N3/c1-44(54-30-14-22-46-19-8-11-27-56(46)54)42-62(67-45(2)55-31-15-23-47-20-9-12-28-57(47)55)50-34-38-52(39-35-50)66(3,4)53-40-36-51(37-41-53)63-43-64(60-32-16-24-48-18-6-5-7-26-58(48)60)69-65(68-63)61-33-17-25-49-21-10-13-29-59(49)61/h5-7,9-16,18,20-24,27-43H,1,8,17,19,25-26H2,2-4H3/b62-42-,67-45+. The molecule has 0 fully saturated rings. The van der Waals surface area contributed by atoms with Gasteiger partial charge in [0.2, 0.25) is 0 Å². The van der Waals surface area contributed by atoms with Crippen molar-refractivity contribution in [3.8, 4) is 22.5 Å². The minimum absolute atomic E-state index is 0.288. The number of aromatic nitrogens is 2. The van der Waals surface area contributed by atoms with Gasteiger partial charge in [0.15, 0.2) is 5.82 Å². The molecule has 0 radical (unpaired) electrons. The van der Waals surface area contributed by atoms with Crippen LogP contribution >= 0.6 is 0 Å². The van der Waals surface area contributed by atoms with Crippen molar-refractivity contribution in [2.24, 2.45) is 4.99 Å². The first-order valence-corrected chi connectivity index (χ1v) is 24.4. The van der Waals surface area contributed by atoms with Gasteiger partial charge in [0.25, 0.3) is 0 Å². The van der Waals surface area contributed by atoms with E-state index in [0.29, 0.717) is 0 Å². The highest BCUT2D eigenvalue weighted by Gasteiger charge is 2.25. The first-order chi connectivity index (χ1) is 33.8. The van der Waals surface area contributed by atoms with E-state index in [2.05, 4.69) is 234 Å². The fraction of sp³-hybridized carbons (Fsp3) is 0.136. The Bertz CT molecular complexity index is 3490. The maximum Gasteiger partial charge on any atom is 0.160 e. The molecular weight excluding hydrogens is 835 g/mol. The van der Waals surface area contributed by atoms with Crippen molar-refractivity contribution in [3.63, 3.8) is 0 Å². The Kier molecular flexibility index (Phi) is 11.7. The molecule has 1 aromatic heterocycles. The van der Waals surface area contributed by atoms with E-state index in [9.17, 15) is 0 Å². The van der Waals surface area contributed by atoms with E-state index < -0.39 is 0 Å². The van der Waals surface area contributed by atoms with Crippen molar-refractivity contribution in [2.75, 3.05) is 0 Å². The van der Waals surface area contributed by atoms with E-state index in [1.807, 2.05) is 0 Å². The minimum atomic E-state index is -0.288. The van der Waals surface area contributed by atoms with Gasteiger partial charge in [0.05, 0.1) is 17.1 Å². The van der Waals surface area contributed by atoms with E-state index in [-0.39, 0.29) is 5.41 Å². The first kappa shape index (κ1) is 43.6. The van der Waals surface area contributed by atoms with Crippen LogP contribution in [0.1, 0.15) is 101 Å². The molecule has 0 spiro atoms. The smallest absolute Gasteiger partial charge is 0.160 e. The van der Waals surface area contributed by atoms with Crippen LogP contribution in [0, 0.1) is 0 Å². The first-order valence-electron chi connectivity index (χ1n) is 24.4. The van der Waals surface area contributed by atoms with Crippen LogP contribution in [0.5, 0.6) is 0 Å². The van der Waals surface area contributed by atoms with Crippen molar-refractivity contribution >= 4 is 45.5 Å². The van der Waals surface area contributed by atoms with E-state index in [4.69, 9.17) is 15.0 Å². The second kappa shape index (κ2) is 18.6. The predicted octanol–water partition coefficient (Wildman–Crippen LogP) is 16.3. The van der Waals surface area contributed by atoms with Crippen molar-refractivity contribution < 1.29 is 0 Å². The van der Waals surface area contributed by atoms with Gasteiger partial charge in [-0.3, -0.25) is 4.99 Å². The fourth-order valence-electron chi connectivity index (χ4n) is 10.4. The van der Waals surface area contributed by atoms with Crippen molar-refractivity contribution in [1.82, 2.24) is 9.97 Å². The molecule has 0 saturated carbocycles. The lowest BCUT2D eigenvalue weighted by Crippen LogP contribution is -2.18. The third-order valence-corrected chi connectivity index (χ3v) is 14.4. The highest BCUT2D eigenvalue weighted by molar-refractivity contribution is 6.11. The average Bonchev–Trinajstić information content (AvgIpc) is 3.66. The molecule has 0 N–H and O–H groups in total. The van der Waals surface area contributed by atoms with Crippen LogP contribution in [0.3, 0.4) is 0 Å². The summed E-state index contributed by atoms with van der Waals surface area (Å²) in [6, 6.07) is 57.0. The molecule has 0 unspecified atom stereocenters. The summed E-state index contributed by atoms with van der Waals surface area (Å²) < 4.78 is 0. The summed E-state index contributed by atoms with van der Waals surface area (Å²) in [5, 5.41) is 2.39. The molecule has 3 aliphatic rings. The van der Waals surface area contributed by atoms with E-state index in [1.54, 1.807) is 0 Å². The Morgan fingerprint density at radius 1 is 0.638 bits per heavy atom. The normalized spacial score (nSPS) is 14.4. The lowest BCUT2D eigenvalue weighted by molar-refractivity contribution is 0.641. The number of aliphatic imine (C=N–C) groups is 1. The third-order valence-electron chi connectivity index (χ3n) is 14.4. The van der Waals surface area contributed by atoms with E-state index >= 15 is 0 Å². The van der Waals surface area contributed by atoms with Gasteiger partial charge in [-0.15, -0.1) is 0 Å². The van der Waals surface area contributed by atoms with Gasteiger partial charge < -0.3 is 0 Å². The third kappa shape index (κ3) is 8.62. The molecule has 0 aliphatic heterocycles. The number of aryl methyl sites for hydroxylation is 2. The molecule has 0 bridgehead atoms. The lowest BCUT2D eigenvalue weighted by Gasteiger charge is -2.27. The zero-order valence-electron chi connectivity index (χ0n) is 39.7. The number of allylic oxidation sites excluding steroid dienone is 7. The molecule has 69 heavy (non-hydrogen) atoms. The second-order valence-corrected chi connectivity index (χ2v) is 19.0. The summed E-state index contributed by atoms with van der Waals surface area (Å²) in [5.41, 5.74) is 21.1. The number of hydrogen-bond acceptors (Lipinski definition) is 3. The largest absolute Gasteiger partial charge is 0.252 e. The Morgan fingerprint density at radius 3 is 2.20 bits per heavy atom. The van der Waals surface area contributed by atoms with Crippen molar-refractivity contribution in [1.29, 1.82) is 0 Å². The van der Waals surface area contributed by atoms with Gasteiger partial charge in [-0.05, 0) is 118 Å². The van der Waals surface area contributed by atoms with Crippen LogP contribution in [0.4, 0.5) is 0 Å². The summed E-state index contributed by atoms with van der Waals surface area (Å²) in [5.74, 6) is 0.769. The Balaban J connectivity index is 0.939. The molecule has 0 amide bonds. The summed E-state index contributed by atoms with van der Waals surface area (Å²) >= 11 is 0. The van der Waals surface area contributed by atoms with Crippen molar-refractivity contribution in [2.45, 2.75) is 58.3 Å². The van der Waals surface area contributed by atoms with E-state index in [0.717, 1.165) is 99.7 Å². The zero-order valence-corrected chi connectivity index (χ0v) is 39.7. The Labute approximate surface area is 407 Å². The van der Waals surface area contributed by atoms with Crippen LogP contribution in [-0.2, 0) is 24.7 Å². The Morgan fingerprint density at radius 2 is 1.33 bits per heavy atom. The topological polar surface area (TPSA) is 38.1 Å². The summed E-state index contributed by atoms with van der Waals surface area (Å²) in [6.07, 6.45) is 22.6. The summed E-state index contributed by atoms with van der Waals surface area (Å²) in [7, 11) is 0. The number of rotatable bonds is 10. The maximum absolute atomic E-state index is 5.41. The Hall–Kier alpha value is -8.01. The van der Waals surface area contributed by atoms with Crippen LogP contribution in [0.25, 0.3) is 62.3 Å². The van der Waals surface area contributed by atoms with Gasteiger partial charge >= 0.3 is 0 Å². The highest BCUT2D eigenvalue weighted by Crippen LogP contribution is 2.38. The molecule has 0 saturated heterocycles. The van der Waals surface area contributed by atoms with Crippen molar-refractivity contribution in [3.05, 3.63) is 268 Å². The quantitative estimate of drug-likeness (QED) is 0.101. The van der Waals surface area contributed by atoms with Crippen LogP contribution in [0.2, 0.25) is 0 Å². The summed E-state index contributed by atoms with van der Waals surface area (Å²) in [6.45, 7) is 11.4. The highest BCUT2D eigenvalue weighted by atomic mass is 14.9. The molecule has 1 heterocycles. The van der Waals surface area contributed by atoms with Crippen LogP contribution < -0.4 is 0 Å². The molecule has 334 valence electrons. The van der Waals surface area contributed by atoms with E-state index in [1.165, 1.54) is 55.3 Å². The van der Waals surface area contributed by atoms with Gasteiger partial charge in [0.1, 0.15) is 0 Å². The second-order valence-electron chi connectivity index (χ2n) is 19.0. The average molecular weight is 890 g/mol. The molecule has 3 aliphatic carbocycles. The van der Waals surface area contributed by atoms with Gasteiger partial charge in [-0.25, -0.2) is 9.97 Å². The molecule has 3 heteroatoms. The lowest BCUT2D eigenvalue weighted by atomic mass is 9.77. The SMILES string of the molecule is C=C(/C=C(\N=C(/C)c1cccc2ccccc12)c1ccc(C(C)(C)c2ccc(-c3cc(-c4cccc5c4CC=CC=C5)nc(C4=CCCc5ccccc54)n3)cc2)cc1)c1cccc2c1C=CCC2. The number of nitrogens with zero attached hydrogens (tertiary/aromatic N) is 3. The summed E-state index contributed by atoms with van der Waals surface area (Å²) in [4.78, 5) is 16.1. The molecule has 11 rings (SSSR count). The molecule has 0 atom stereocenters. The number of benzene rings is 7. The number of fused-ring (bicyclic) bond motifs is 4. The molecule has 7 aromatic carbocycles. The molecular formula is C66H55N3. The van der Waals surface area contributed by atoms with Gasteiger partial charge in [-0.2, -0.15) is 0 Å². The number of hydrogen-bond donors (Lipinski definition) is 0. The monoisotopic (exact) mass is 889 g/mol. The molecule has 8 aromatic rings. The predicted molar refractivity (Wildman–Crippen MR) is 292 cm³/mol. The zero-order chi connectivity index (χ0) is 46.9.